The van der Waals surface area contributed by atoms with E-state index in [4.69, 9.17) is 11.6 Å². The molecule has 1 aromatic heterocycles. The van der Waals surface area contributed by atoms with E-state index < -0.39 is 0 Å². The van der Waals surface area contributed by atoms with Gasteiger partial charge in [0.05, 0.1) is 0 Å². The molecule has 0 aliphatic rings. The summed E-state index contributed by atoms with van der Waals surface area (Å²) in [5, 5.41) is 4.80. The molecule has 0 N–H and O–H groups in total. The highest BCUT2D eigenvalue weighted by molar-refractivity contribution is 6.30. The predicted octanol–water partition coefficient (Wildman–Crippen LogP) is 2.68. The lowest BCUT2D eigenvalue weighted by Gasteiger charge is -2.02. The largest absolute Gasteiger partial charge is 0.268 e. The third-order valence-corrected chi connectivity index (χ3v) is 1.98. The van der Waals surface area contributed by atoms with Crippen LogP contribution >= 0.6 is 11.6 Å². The molecule has 0 aliphatic carbocycles. The van der Waals surface area contributed by atoms with Crippen molar-refractivity contribution in [3.63, 3.8) is 0 Å². The van der Waals surface area contributed by atoms with Gasteiger partial charge in [-0.1, -0.05) is 18.5 Å². The topological polar surface area (TPSA) is 17.8 Å². The molecule has 0 aliphatic heterocycles. The van der Waals surface area contributed by atoms with Gasteiger partial charge in [0, 0.05) is 17.8 Å². The van der Waals surface area contributed by atoms with Crippen molar-refractivity contribution in [1.82, 2.24) is 9.78 Å². The van der Waals surface area contributed by atoms with Gasteiger partial charge in [-0.2, -0.15) is 5.10 Å². The van der Waals surface area contributed by atoms with Crippen molar-refractivity contribution in [1.29, 1.82) is 0 Å². The smallest absolute Gasteiger partial charge is 0.154 e. The van der Waals surface area contributed by atoms with E-state index in [1.807, 2.05) is 10.9 Å². The zero-order chi connectivity index (χ0) is 8.43. The Hall–Kier alpha value is -0.500. The maximum atomic E-state index is 5.86. The molecule has 0 aromatic carbocycles. The van der Waals surface area contributed by atoms with E-state index in [-0.39, 0.29) is 0 Å². The summed E-state index contributed by atoms with van der Waals surface area (Å²) in [6, 6.07) is 0.396. The summed E-state index contributed by atoms with van der Waals surface area (Å²) in [4.78, 5) is 0. The Morgan fingerprint density at radius 2 is 2.27 bits per heavy atom. The molecule has 1 heterocycles. The van der Waals surface area contributed by atoms with E-state index in [0.717, 1.165) is 12.0 Å². The van der Waals surface area contributed by atoms with Crippen molar-refractivity contribution in [2.45, 2.75) is 33.2 Å². The summed E-state index contributed by atoms with van der Waals surface area (Å²) in [5.74, 6) is 0. The summed E-state index contributed by atoms with van der Waals surface area (Å²) in [7, 11) is 0. The Kier molecular flexibility index (Phi) is 2.55. The molecule has 0 spiro atoms. The van der Waals surface area contributed by atoms with E-state index in [0.29, 0.717) is 11.2 Å². The molecule has 0 unspecified atom stereocenters. The lowest BCUT2D eigenvalue weighted by atomic mass is 10.3. The molecule has 11 heavy (non-hydrogen) atoms. The first-order chi connectivity index (χ1) is 5.15. The number of halogens is 1. The molecule has 62 valence electrons. The second-order valence-electron chi connectivity index (χ2n) is 2.87. The average Bonchev–Trinajstić information content (AvgIpc) is 2.31. The van der Waals surface area contributed by atoms with Crippen LogP contribution in [-0.2, 0) is 6.42 Å². The molecule has 0 fully saturated rings. The lowest BCUT2D eigenvalue weighted by molar-refractivity contribution is 0.532. The standard InChI is InChI=1S/C8H13ClN2/c1-4-7-5-11(6(2)3)10-8(7)9/h5-6H,4H2,1-3H3. The summed E-state index contributed by atoms with van der Waals surface area (Å²) < 4.78 is 1.89. The molecule has 0 bridgehead atoms. The molecular formula is C8H13ClN2. The Labute approximate surface area is 72.2 Å². The number of aromatic nitrogens is 2. The Morgan fingerprint density at radius 1 is 1.64 bits per heavy atom. The van der Waals surface area contributed by atoms with Gasteiger partial charge in [-0.3, -0.25) is 4.68 Å². The van der Waals surface area contributed by atoms with Crippen molar-refractivity contribution in [3.05, 3.63) is 16.9 Å². The van der Waals surface area contributed by atoms with E-state index in [1.54, 1.807) is 0 Å². The first-order valence-corrected chi connectivity index (χ1v) is 4.26. The normalized spacial score (nSPS) is 11.0. The maximum absolute atomic E-state index is 5.86. The minimum absolute atomic E-state index is 0.396. The molecule has 1 rings (SSSR count). The van der Waals surface area contributed by atoms with Crippen molar-refractivity contribution in [2.24, 2.45) is 0 Å². The fraction of sp³-hybridized carbons (Fsp3) is 0.625. The van der Waals surface area contributed by atoms with Gasteiger partial charge in [-0.15, -0.1) is 0 Å². The summed E-state index contributed by atoms with van der Waals surface area (Å²) in [6.45, 7) is 6.25. The second-order valence-corrected chi connectivity index (χ2v) is 3.23. The molecule has 1 aromatic rings. The van der Waals surface area contributed by atoms with Gasteiger partial charge < -0.3 is 0 Å². The molecule has 0 atom stereocenters. The molecule has 2 nitrogen and oxygen atoms in total. The van der Waals surface area contributed by atoms with Gasteiger partial charge in [0.15, 0.2) is 5.15 Å². The number of rotatable bonds is 2. The van der Waals surface area contributed by atoms with Gasteiger partial charge in [0.25, 0.3) is 0 Å². The Bertz CT molecular complexity index is 240. The van der Waals surface area contributed by atoms with E-state index in [9.17, 15) is 0 Å². The van der Waals surface area contributed by atoms with Crippen LogP contribution in [0.1, 0.15) is 32.4 Å². The number of hydrogen-bond donors (Lipinski definition) is 0. The van der Waals surface area contributed by atoms with Crippen molar-refractivity contribution in [2.75, 3.05) is 0 Å². The number of nitrogens with zero attached hydrogens (tertiary/aromatic N) is 2. The molecule has 0 saturated heterocycles. The predicted molar refractivity (Wildman–Crippen MR) is 47.0 cm³/mol. The van der Waals surface area contributed by atoms with Gasteiger partial charge in [0.2, 0.25) is 0 Å². The lowest BCUT2D eigenvalue weighted by Crippen LogP contribution is -2.00. The fourth-order valence-electron chi connectivity index (χ4n) is 0.909. The maximum Gasteiger partial charge on any atom is 0.154 e. The van der Waals surface area contributed by atoms with Crippen LogP contribution in [0.3, 0.4) is 0 Å². The van der Waals surface area contributed by atoms with Crippen molar-refractivity contribution in [3.8, 4) is 0 Å². The van der Waals surface area contributed by atoms with Crippen LogP contribution in [0.25, 0.3) is 0 Å². The fourth-order valence-corrected chi connectivity index (χ4v) is 1.18. The van der Waals surface area contributed by atoms with Crippen LogP contribution in [0.15, 0.2) is 6.20 Å². The number of hydrogen-bond acceptors (Lipinski definition) is 1. The molecule has 3 heteroatoms. The van der Waals surface area contributed by atoms with Crippen LogP contribution in [-0.4, -0.2) is 9.78 Å². The highest BCUT2D eigenvalue weighted by Gasteiger charge is 2.05. The van der Waals surface area contributed by atoms with Crippen LogP contribution in [0.5, 0.6) is 0 Å². The summed E-state index contributed by atoms with van der Waals surface area (Å²) in [5.41, 5.74) is 1.13. The third kappa shape index (κ3) is 1.74. The van der Waals surface area contributed by atoms with Crippen LogP contribution in [0.2, 0.25) is 5.15 Å². The molecule has 0 saturated carbocycles. The number of aryl methyl sites for hydroxylation is 1. The zero-order valence-corrected chi connectivity index (χ0v) is 7.89. The minimum Gasteiger partial charge on any atom is -0.268 e. The quantitative estimate of drug-likeness (QED) is 0.671. The second kappa shape index (κ2) is 3.26. The van der Waals surface area contributed by atoms with Crippen LogP contribution in [0, 0.1) is 0 Å². The van der Waals surface area contributed by atoms with E-state index in [2.05, 4.69) is 25.9 Å². The molecule has 0 amide bonds. The monoisotopic (exact) mass is 172 g/mol. The van der Waals surface area contributed by atoms with Crippen molar-refractivity contribution >= 4 is 11.6 Å². The van der Waals surface area contributed by atoms with Gasteiger partial charge in [0.1, 0.15) is 0 Å². The van der Waals surface area contributed by atoms with Gasteiger partial charge in [-0.25, -0.2) is 0 Å². The molecular weight excluding hydrogens is 160 g/mol. The Balaban J connectivity index is 2.95. The van der Waals surface area contributed by atoms with Gasteiger partial charge in [-0.05, 0) is 20.3 Å². The molecule has 0 radical (unpaired) electrons. The Morgan fingerprint density at radius 3 is 2.55 bits per heavy atom. The third-order valence-electron chi connectivity index (χ3n) is 1.67. The van der Waals surface area contributed by atoms with Crippen molar-refractivity contribution < 1.29 is 0 Å². The van der Waals surface area contributed by atoms with E-state index in [1.165, 1.54) is 0 Å². The highest BCUT2D eigenvalue weighted by atomic mass is 35.5. The first-order valence-electron chi connectivity index (χ1n) is 3.88. The zero-order valence-electron chi connectivity index (χ0n) is 7.13. The summed E-state index contributed by atoms with van der Waals surface area (Å²) >= 11 is 5.86. The minimum atomic E-state index is 0.396. The first kappa shape index (κ1) is 8.60. The van der Waals surface area contributed by atoms with Crippen LogP contribution in [0.4, 0.5) is 0 Å². The van der Waals surface area contributed by atoms with Crippen LogP contribution < -0.4 is 0 Å². The average molecular weight is 173 g/mol. The SMILES string of the molecule is CCc1cn(C(C)C)nc1Cl. The van der Waals surface area contributed by atoms with E-state index >= 15 is 0 Å². The highest BCUT2D eigenvalue weighted by Crippen LogP contribution is 2.16. The summed E-state index contributed by atoms with van der Waals surface area (Å²) in [6.07, 6.45) is 2.96. The van der Waals surface area contributed by atoms with Gasteiger partial charge >= 0.3 is 0 Å².